The first-order valence-corrected chi connectivity index (χ1v) is 43.3. The largest absolute Gasteiger partial charge is 0.389 e. The van der Waals surface area contributed by atoms with Crippen molar-refractivity contribution in [3.8, 4) is 0 Å². The van der Waals surface area contributed by atoms with Gasteiger partial charge in [0.25, 0.3) is 23.6 Å². The first-order chi connectivity index (χ1) is 38.7. The SMILES string of the molecule is C=C1NC(=O)C=CN1[C@@H]1O[C@H](CCP(=C)(C)C)[C@@H](O)[C@H]1Br.C=C1NC(=O)C=CN1[C@@H]1O[C@H](CCP(=C)(C)C)[C@@H](O)[C@H]1Cl.C=C1NC(=O)C=CN1[C@@H]1O[C@H](CCP(=C)(C)C)[C@@H](O)[C@H]1I.C=C1NC(=O)C=CN1[C@@H]1O[C@H](CCP(=C)(C)C)[C@@H](O)[C@H]1I. The standard InChI is InChI=1S/C14H22BrN2O3P.C14H22ClN2O3P.2C14H22IN2O3P/c4*1-9-16-11(18)5-7-17(9)14-12(15)13(19)10(20-14)6-8-21(2,3)4/h4*5,7,10,12-14,19H,1-2,6,8H2,3-4H3,(H,16,18)/t4*10-,12-,13-,14-/m1111/s1. The molecule has 0 unspecified atom stereocenters. The first kappa shape index (κ1) is 72.9. The number of ether oxygens (including phenoxy) is 4. The molecule has 0 radical (unpaired) electrons. The number of carbonyl (C=O) groups excluding carboxylic acids is 4. The van der Waals surface area contributed by atoms with Crippen LogP contribution in [0.4, 0.5) is 0 Å². The van der Waals surface area contributed by atoms with Crippen molar-refractivity contribution >= 4 is 149 Å². The third kappa shape index (κ3) is 21.1. The zero-order chi connectivity index (χ0) is 63.1. The Bertz CT molecular complexity index is 2440. The second kappa shape index (κ2) is 30.7. The Morgan fingerprint density at radius 1 is 0.464 bits per heavy atom. The van der Waals surface area contributed by atoms with Crippen molar-refractivity contribution in [2.24, 2.45) is 0 Å². The molecule has 8 N–H and O–H groups in total. The Morgan fingerprint density at radius 2 is 0.702 bits per heavy atom. The molecule has 0 aromatic carbocycles. The van der Waals surface area contributed by atoms with Crippen LogP contribution in [0, 0.1) is 0 Å². The van der Waals surface area contributed by atoms with Crippen LogP contribution in [0.1, 0.15) is 25.7 Å². The van der Waals surface area contributed by atoms with Gasteiger partial charge in [0.15, 0.2) is 12.5 Å². The number of halogens is 4. The second-order valence-electron chi connectivity index (χ2n) is 24.4. The van der Waals surface area contributed by atoms with Crippen molar-refractivity contribution in [2.75, 3.05) is 78.0 Å². The number of rotatable bonds is 16. The van der Waals surface area contributed by atoms with Crippen LogP contribution in [0.2, 0.25) is 0 Å². The van der Waals surface area contributed by atoms with Gasteiger partial charge in [-0.05, 0) is 104 Å². The molecule has 4 amide bonds. The topological polar surface area (TPSA) is 247 Å². The van der Waals surface area contributed by atoms with Gasteiger partial charge in [0, 0.05) is 49.1 Å². The lowest BCUT2D eigenvalue weighted by Crippen LogP contribution is -2.44. The number of nitrogens with one attached hydrogen (secondary N) is 4. The average Bonchev–Trinajstić information content (AvgIpc) is 3.29. The maximum atomic E-state index is 11.3. The molecular weight excluding hydrogens is 1470 g/mol. The highest BCUT2D eigenvalue weighted by atomic mass is 127. The van der Waals surface area contributed by atoms with E-state index < -0.39 is 63.6 Å². The molecule has 0 aromatic rings. The number of hydrogen-bond donors (Lipinski definition) is 8. The highest BCUT2D eigenvalue weighted by Gasteiger charge is 2.49. The van der Waals surface area contributed by atoms with Gasteiger partial charge < -0.3 is 80.2 Å². The fourth-order valence-electron chi connectivity index (χ4n) is 9.47. The minimum absolute atomic E-state index is 0.0877. The maximum Gasteiger partial charge on any atom is 0.250 e. The summed E-state index contributed by atoms with van der Waals surface area (Å²) in [5.41, 5.74) is 0. The molecular formula is C56H88BrClI2N8O12P4. The van der Waals surface area contributed by atoms with Gasteiger partial charge in [-0.25, -0.2) is 0 Å². The van der Waals surface area contributed by atoms with Crippen LogP contribution >= 0.6 is 100 Å². The van der Waals surface area contributed by atoms with E-state index in [2.05, 4.69) is 187 Å². The Balaban J connectivity index is 0.000000205. The fourth-order valence-corrected chi connectivity index (χ4v) is 16.3. The predicted molar refractivity (Wildman–Crippen MR) is 371 cm³/mol. The van der Waals surface area contributed by atoms with Gasteiger partial charge in [-0.3, -0.25) is 19.2 Å². The molecule has 8 rings (SSSR count). The summed E-state index contributed by atoms with van der Waals surface area (Å²) in [5.74, 6) is 0.979. The van der Waals surface area contributed by atoms with Crippen LogP contribution in [0.25, 0.3) is 0 Å². The van der Waals surface area contributed by atoms with E-state index in [0.717, 1.165) is 50.3 Å². The molecule has 0 saturated carbocycles. The zero-order valence-electron chi connectivity index (χ0n) is 49.3. The van der Waals surface area contributed by atoms with E-state index in [1.807, 2.05) is 0 Å². The Hall–Kier alpha value is -1.89. The molecule has 0 aliphatic carbocycles. The van der Waals surface area contributed by atoms with Crippen molar-refractivity contribution < 1.29 is 58.6 Å². The van der Waals surface area contributed by atoms with E-state index in [4.69, 9.17) is 30.5 Å². The minimum atomic E-state index is -1.17. The monoisotopic (exact) mass is 1560 g/mol. The van der Waals surface area contributed by atoms with Crippen LogP contribution in [-0.4, -0.2) is 259 Å². The van der Waals surface area contributed by atoms with Crippen molar-refractivity contribution in [3.05, 3.63) is 98.7 Å². The van der Waals surface area contributed by atoms with Gasteiger partial charge in [-0.1, -0.05) is 87.4 Å². The molecule has 84 heavy (non-hydrogen) atoms. The summed E-state index contributed by atoms with van der Waals surface area (Å²) >= 11 is 14.2. The van der Waals surface area contributed by atoms with Gasteiger partial charge in [0.2, 0.25) is 0 Å². The molecule has 0 bridgehead atoms. The van der Waals surface area contributed by atoms with Crippen LogP contribution in [0.15, 0.2) is 98.7 Å². The Labute approximate surface area is 538 Å². The van der Waals surface area contributed by atoms with Crippen molar-refractivity contribution in [1.29, 1.82) is 0 Å². The van der Waals surface area contributed by atoms with Crippen LogP contribution in [0.3, 0.4) is 0 Å². The number of aliphatic hydroxyl groups excluding tert-OH is 4. The number of hydrogen-bond acceptors (Lipinski definition) is 16. The van der Waals surface area contributed by atoms with E-state index >= 15 is 0 Å². The zero-order valence-corrected chi connectivity index (χ0v) is 59.5. The number of nitrogens with zero attached hydrogens (tertiary/aromatic N) is 4. The molecule has 8 aliphatic heterocycles. The molecule has 8 heterocycles. The summed E-state index contributed by atoms with van der Waals surface area (Å²) in [6.07, 6.45) is 31.0. The summed E-state index contributed by atoms with van der Waals surface area (Å²) in [7, 11) is 0. The number of alkyl halides is 4. The van der Waals surface area contributed by atoms with Crippen molar-refractivity contribution in [2.45, 2.75) is 117 Å². The van der Waals surface area contributed by atoms with Crippen molar-refractivity contribution in [3.63, 3.8) is 0 Å². The van der Waals surface area contributed by atoms with Gasteiger partial charge in [-0.15, -0.1) is 64.3 Å². The number of aliphatic hydroxyl groups is 4. The maximum absolute atomic E-state index is 11.3. The fraction of sp³-hybridized carbons (Fsp3) is 0.571. The second-order valence-corrected chi connectivity index (χ2v) is 46.1. The summed E-state index contributed by atoms with van der Waals surface area (Å²) < 4.78 is 23.7. The lowest BCUT2D eigenvalue weighted by Gasteiger charge is -2.32. The highest BCUT2D eigenvalue weighted by molar-refractivity contribution is 14.1. The minimum Gasteiger partial charge on any atom is -0.389 e. The summed E-state index contributed by atoms with van der Waals surface area (Å²) in [4.78, 5) is 51.7. The van der Waals surface area contributed by atoms with E-state index in [0.29, 0.717) is 23.3 Å². The summed E-state index contributed by atoms with van der Waals surface area (Å²) in [5, 5.41) is 51.3. The van der Waals surface area contributed by atoms with Gasteiger partial charge >= 0.3 is 0 Å². The third-order valence-corrected chi connectivity index (χ3v) is 24.3. The molecule has 8 aliphatic rings. The van der Waals surface area contributed by atoms with E-state index in [1.165, 1.54) is 24.3 Å². The van der Waals surface area contributed by atoms with Gasteiger partial charge in [-0.2, -0.15) is 0 Å². The third-order valence-electron chi connectivity index (χ3n) is 14.2. The summed E-state index contributed by atoms with van der Waals surface area (Å²) in [6, 6.07) is 0. The lowest BCUT2D eigenvalue weighted by atomic mass is 10.1. The van der Waals surface area contributed by atoms with E-state index in [1.54, 1.807) is 44.4 Å². The molecule has 0 aromatic heterocycles. The molecule has 20 nitrogen and oxygen atoms in total. The molecule has 472 valence electrons. The molecule has 16 atom stereocenters. The molecule has 28 heteroatoms. The van der Waals surface area contributed by atoms with Crippen molar-refractivity contribution in [1.82, 2.24) is 40.9 Å². The molecule has 4 fully saturated rings. The highest BCUT2D eigenvalue weighted by Crippen LogP contribution is 2.44. The van der Waals surface area contributed by atoms with Crippen LogP contribution < -0.4 is 21.3 Å². The molecule has 0 spiro atoms. The average molecular weight is 1560 g/mol. The summed E-state index contributed by atoms with van der Waals surface area (Å²) in [6.45, 7) is 28.0. The Morgan fingerprint density at radius 3 is 0.988 bits per heavy atom. The van der Waals surface area contributed by atoms with Gasteiger partial charge in [0.1, 0.15) is 47.2 Å². The normalized spacial score (nSPS) is 33.4. The lowest BCUT2D eigenvalue weighted by molar-refractivity contribution is -0.118. The smallest absolute Gasteiger partial charge is 0.250 e. The van der Waals surface area contributed by atoms with Crippen LogP contribution in [-0.2, 0) is 38.1 Å². The van der Waals surface area contributed by atoms with Crippen LogP contribution in [0.5, 0.6) is 0 Å². The predicted octanol–water partition coefficient (Wildman–Crippen LogP) is 5.33. The first-order valence-electron chi connectivity index (χ1n) is 27.2. The molecule has 4 saturated heterocycles. The number of carbonyl (C=O) groups is 4. The van der Waals surface area contributed by atoms with E-state index in [9.17, 15) is 39.6 Å². The Kier molecular flexibility index (Phi) is 26.7. The van der Waals surface area contributed by atoms with E-state index in [-0.39, 0.29) is 79.4 Å². The quantitative estimate of drug-likeness (QED) is 0.0553. The van der Waals surface area contributed by atoms with Gasteiger partial charge in [0.05, 0.1) is 55.4 Å². The number of amides is 4.